The third kappa shape index (κ3) is 4.87. The molecule has 0 atom stereocenters. The van der Waals surface area contributed by atoms with Crippen LogP contribution in [0, 0.1) is 0 Å². The highest BCUT2D eigenvalue weighted by Gasteiger charge is 2.15. The van der Waals surface area contributed by atoms with Crippen molar-refractivity contribution in [2.24, 2.45) is 0 Å². The van der Waals surface area contributed by atoms with Gasteiger partial charge in [-0.05, 0) is 47.3 Å². The van der Waals surface area contributed by atoms with Crippen molar-refractivity contribution in [1.29, 1.82) is 0 Å². The van der Waals surface area contributed by atoms with Gasteiger partial charge in [0.05, 0.1) is 17.9 Å². The van der Waals surface area contributed by atoms with Gasteiger partial charge in [-0.25, -0.2) is 4.98 Å². The summed E-state index contributed by atoms with van der Waals surface area (Å²) in [5, 5.41) is 7.49. The summed E-state index contributed by atoms with van der Waals surface area (Å²) in [5.74, 6) is 0.672. The number of anilines is 2. The normalized spacial score (nSPS) is 10.5. The van der Waals surface area contributed by atoms with Crippen LogP contribution < -0.4 is 10.2 Å². The van der Waals surface area contributed by atoms with E-state index < -0.39 is 0 Å². The molecule has 4 aromatic heterocycles. The average molecular weight is 416 g/mol. The van der Waals surface area contributed by atoms with Crippen molar-refractivity contribution in [1.82, 2.24) is 15.0 Å². The first-order valence-electron chi connectivity index (χ1n) is 9.62. The Kier molecular flexibility index (Phi) is 6.41. The molecular weight excluding hydrogens is 394 g/mol. The number of hydrogen-bond acceptors (Lipinski definition) is 6. The number of nitrogens with zero attached hydrogens (tertiary/aromatic N) is 4. The van der Waals surface area contributed by atoms with E-state index in [0.717, 1.165) is 41.0 Å². The molecule has 0 unspecified atom stereocenters. The van der Waals surface area contributed by atoms with E-state index in [0.29, 0.717) is 18.9 Å². The third-order valence-electron chi connectivity index (χ3n) is 4.60. The molecular formula is C23H21N5OS. The molecule has 0 aliphatic carbocycles. The van der Waals surface area contributed by atoms with E-state index in [1.807, 2.05) is 53.9 Å². The average Bonchev–Trinajstić information content (AvgIpc) is 3.34. The van der Waals surface area contributed by atoms with Gasteiger partial charge in [0.2, 0.25) is 6.41 Å². The summed E-state index contributed by atoms with van der Waals surface area (Å²) in [6.45, 7) is 1.08. The first-order chi connectivity index (χ1) is 14.8. The smallest absolute Gasteiger partial charge is 0.214 e. The van der Waals surface area contributed by atoms with Crippen molar-refractivity contribution < 1.29 is 4.79 Å². The molecule has 30 heavy (non-hydrogen) atoms. The molecule has 0 aliphatic rings. The van der Waals surface area contributed by atoms with Crippen LogP contribution in [0.2, 0.25) is 0 Å². The Morgan fingerprint density at radius 3 is 2.77 bits per heavy atom. The van der Waals surface area contributed by atoms with Gasteiger partial charge in [-0.3, -0.25) is 14.8 Å². The summed E-state index contributed by atoms with van der Waals surface area (Å²) in [7, 11) is 0. The Bertz CT molecular complexity index is 1070. The van der Waals surface area contributed by atoms with Crippen molar-refractivity contribution in [3.05, 3.63) is 89.1 Å². The fourth-order valence-corrected chi connectivity index (χ4v) is 3.76. The van der Waals surface area contributed by atoms with Gasteiger partial charge in [-0.2, -0.15) is 11.3 Å². The molecule has 4 heterocycles. The molecule has 0 bridgehead atoms. The van der Waals surface area contributed by atoms with E-state index in [9.17, 15) is 4.79 Å². The van der Waals surface area contributed by atoms with Crippen LogP contribution in [-0.4, -0.2) is 27.9 Å². The van der Waals surface area contributed by atoms with Crippen molar-refractivity contribution in [2.75, 3.05) is 16.8 Å². The molecule has 1 amide bonds. The zero-order chi connectivity index (χ0) is 20.6. The summed E-state index contributed by atoms with van der Waals surface area (Å²) >= 11 is 1.63. The number of nitrogens with one attached hydrogen (secondary N) is 1. The lowest BCUT2D eigenvalue weighted by molar-refractivity contribution is -0.107. The minimum Gasteiger partial charge on any atom is -0.368 e. The minimum absolute atomic E-state index is 0.422. The molecule has 4 rings (SSSR count). The predicted molar refractivity (Wildman–Crippen MR) is 120 cm³/mol. The molecule has 0 saturated heterocycles. The van der Waals surface area contributed by atoms with Crippen molar-refractivity contribution in [3.8, 4) is 11.3 Å². The fraction of sp³-hybridized carbons (Fsp3) is 0.130. The van der Waals surface area contributed by atoms with Crippen LogP contribution in [0.25, 0.3) is 11.3 Å². The Hall–Kier alpha value is -3.58. The van der Waals surface area contributed by atoms with Crippen molar-refractivity contribution in [2.45, 2.75) is 13.0 Å². The number of amides is 1. The number of carbonyl (C=O) groups excluding carboxylic acids is 1. The molecule has 0 radical (unpaired) electrons. The molecule has 150 valence electrons. The second-order valence-electron chi connectivity index (χ2n) is 6.67. The van der Waals surface area contributed by atoms with E-state index >= 15 is 0 Å². The zero-order valence-corrected chi connectivity index (χ0v) is 17.1. The predicted octanol–water partition coefficient (Wildman–Crippen LogP) is 4.42. The Morgan fingerprint density at radius 2 is 2.03 bits per heavy atom. The monoisotopic (exact) mass is 415 g/mol. The van der Waals surface area contributed by atoms with Gasteiger partial charge in [0.1, 0.15) is 0 Å². The van der Waals surface area contributed by atoms with Gasteiger partial charge in [0.25, 0.3) is 0 Å². The van der Waals surface area contributed by atoms with Crippen LogP contribution in [0.4, 0.5) is 11.5 Å². The summed E-state index contributed by atoms with van der Waals surface area (Å²) in [5.41, 5.74) is 4.61. The highest BCUT2D eigenvalue weighted by molar-refractivity contribution is 7.08. The Labute approximate surface area is 179 Å². The number of pyridine rings is 3. The van der Waals surface area contributed by atoms with Crippen LogP contribution in [0.1, 0.15) is 11.3 Å². The molecule has 0 spiro atoms. The van der Waals surface area contributed by atoms with E-state index in [1.54, 1.807) is 34.8 Å². The lowest BCUT2D eigenvalue weighted by Crippen LogP contribution is -2.23. The van der Waals surface area contributed by atoms with E-state index in [2.05, 4.69) is 20.7 Å². The summed E-state index contributed by atoms with van der Waals surface area (Å²) in [6, 6.07) is 15.6. The number of hydrogen-bond donors (Lipinski definition) is 1. The van der Waals surface area contributed by atoms with Crippen molar-refractivity contribution in [3.63, 3.8) is 0 Å². The van der Waals surface area contributed by atoms with Crippen LogP contribution in [0.5, 0.6) is 0 Å². The topological polar surface area (TPSA) is 71.0 Å². The third-order valence-corrected chi connectivity index (χ3v) is 5.29. The number of rotatable bonds is 9. The number of carbonyl (C=O) groups is 1. The highest BCUT2D eigenvalue weighted by atomic mass is 32.1. The summed E-state index contributed by atoms with van der Waals surface area (Å²) in [4.78, 5) is 26.9. The molecule has 0 fully saturated rings. The van der Waals surface area contributed by atoms with Crippen LogP contribution in [0.3, 0.4) is 0 Å². The van der Waals surface area contributed by atoms with E-state index in [1.165, 1.54) is 0 Å². The minimum atomic E-state index is 0.422. The first kappa shape index (κ1) is 19.7. The first-order valence-corrected chi connectivity index (χ1v) is 10.6. The zero-order valence-electron chi connectivity index (χ0n) is 16.3. The standard InChI is InChI=1S/C23H21N5OS/c29-17-28(15-18-4-3-10-24-14-18)22-7-6-21(19-9-13-30-16-19)27-23(22)26-12-8-20-5-1-2-11-25-20/h1-7,9-11,13-14,16-17H,8,12,15H2,(H,26,27). The lowest BCUT2D eigenvalue weighted by atomic mass is 10.2. The molecule has 0 aromatic carbocycles. The summed E-state index contributed by atoms with van der Waals surface area (Å²) < 4.78 is 0. The SMILES string of the molecule is O=CN(Cc1cccnc1)c1ccc(-c2ccsc2)nc1NCCc1ccccn1. The van der Waals surface area contributed by atoms with Gasteiger partial charge < -0.3 is 10.2 Å². The highest BCUT2D eigenvalue weighted by Crippen LogP contribution is 2.29. The van der Waals surface area contributed by atoms with E-state index in [4.69, 9.17) is 4.98 Å². The molecule has 4 aromatic rings. The van der Waals surface area contributed by atoms with Gasteiger partial charge in [-0.1, -0.05) is 12.1 Å². The Morgan fingerprint density at radius 1 is 1.07 bits per heavy atom. The molecule has 1 N–H and O–H groups in total. The molecule has 7 heteroatoms. The van der Waals surface area contributed by atoms with E-state index in [-0.39, 0.29) is 0 Å². The van der Waals surface area contributed by atoms with Gasteiger partial charge >= 0.3 is 0 Å². The lowest BCUT2D eigenvalue weighted by Gasteiger charge is -2.21. The number of aromatic nitrogens is 3. The second-order valence-corrected chi connectivity index (χ2v) is 7.45. The number of thiophene rings is 1. The van der Waals surface area contributed by atoms with Crippen LogP contribution in [-0.2, 0) is 17.8 Å². The maximum absolute atomic E-state index is 11.9. The molecule has 6 nitrogen and oxygen atoms in total. The largest absolute Gasteiger partial charge is 0.368 e. The quantitative estimate of drug-likeness (QED) is 0.410. The molecule has 0 aliphatic heterocycles. The van der Waals surface area contributed by atoms with Gasteiger partial charge in [-0.15, -0.1) is 0 Å². The Balaban J connectivity index is 1.59. The van der Waals surface area contributed by atoms with Crippen LogP contribution in [0.15, 0.2) is 77.9 Å². The molecule has 0 saturated carbocycles. The second kappa shape index (κ2) is 9.76. The van der Waals surface area contributed by atoms with Crippen molar-refractivity contribution >= 4 is 29.3 Å². The fourth-order valence-electron chi connectivity index (χ4n) is 3.11. The maximum Gasteiger partial charge on any atom is 0.214 e. The van der Waals surface area contributed by atoms with Crippen LogP contribution >= 0.6 is 11.3 Å². The van der Waals surface area contributed by atoms with Gasteiger partial charge in [0.15, 0.2) is 5.82 Å². The summed E-state index contributed by atoms with van der Waals surface area (Å²) in [6.07, 6.45) is 6.86. The maximum atomic E-state index is 11.9. The van der Waals surface area contributed by atoms with Gasteiger partial charge in [0, 0.05) is 48.2 Å².